The third-order valence-electron chi connectivity index (χ3n) is 2.35. The summed E-state index contributed by atoms with van der Waals surface area (Å²) in [7, 11) is 1.39. The zero-order valence-electron chi connectivity index (χ0n) is 7.43. The lowest BCUT2D eigenvalue weighted by Crippen LogP contribution is -2.23. The number of rotatable bonds is 1. The van der Waals surface area contributed by atoms with E-state index < -0.39 is 0 Å². The molecule has 1 unspecified atom stereocenters. The van der Waals surface area contributed by atoms with Crippen molar-refractivity contribution in [2.45, 2.75) is 32.1 Å². The first-order valence-corrected chi connectivity index (χ1v) is 4.41. The average Bonchev–Trinajstić information content (AvgIpc) is 2.28. The molecular formula is C9H15NO2. The summed E-state index contributed by atoms with van der Waals surface area (Å²) in [5.74, 6) is -0.487. The first kappa shape index (κ1) is 9.23. The summed E-state index contributed by atoms with van der Waals surface area (Å²) in [5.41, 5.74) is 0.555. The molecule has 0 aromatic heterocycles. The van der Waals surface area contributed by atoms with Gasteiger partial charge in [-0.05, 0) is 19.3 Å². The largest absolute Gasteiger partial charge is 0.469 e. The van der Waals surface area contributed by atoms with Crippen molar-refractivity contribution >= 4 is 11.7 Å². The summed E-state index contributed by atoms with van der Waals surface area (Å²) in [5, 5.41) is 7.62. The van der Waals surface area contributed by atoms with E-state index in [1.54, 1.807) is 0 Å². The third kappa shape index (κ3) is 2.06. The Balaban J connectivity index is 2.59. The van der Waals surface area contributed by atoms with E-state index in [1.807, 2.05) is 0 Å². The highest BCUT2D eigenvalue weighted by molar-refractivity contribution is 6.00. The second-order valence-electron chi connectivity index (χ2n) is 3.20. The van der Waals surface area contributed by atoms with Crippen LogP contribution in [-0.4, -0.2) is 18.8 Å². The average molecular weight is 169 g/mol. The molecule has 1 N–H and O–H groups in total. The Morgan fingerprint density at radius 3 is 2.92 bits per heavy atom. The van der Waals surface area contributed by atoms with Crippen molar-refractivity contribution in [3.63, 3.8) is 0 Å². The molecule has 1 aliphatic rings. The molecule has 3 nitrogen and oxygen atoms in total. The van der Waals surface area contributed by atoms with Crippen molar-refractivity contribution in [2.75, 3.05) is 7.11 Å². The van der Waals surface area contributed by atoms with Crippen molar-refractivity contribution in [1.82, 2.24) is 0 Å². The smallest absolute Gasteiger partial charge is 0.314 e. The van der Waals surface area contributed by atoms with Gasteiger partial charge in [-0.25, -0.2) is 0 Å². The van der Waals surface area contributed by atoms with Crippen LogP contribution in [0.15, 0.2) is 0 Å². The second kappa shape index (κ2) is 4.24. The van der Waals surface area contributed by atoms with Gasteiger partial charge in [0.25, 0.3) is 0 Å². The summed E-state index contributed by atoms with van der Waals surface area (Å²) in [6.45, 7) is 0. The van der Waals surface area contributed by atoms with E-state index in [0.717, 1.165) is 32.1 Å². The Kier molecular flexibility index (Phi) is 3.26. The molecule has 0 saturated heterocycles. The van der Waals surface area contributed by atoms with Crippen LogP contribution in [0.2, 0.25) is 0 Å². The lowest BCUT2D eigenvalue weighted by Gasteiger charge is -2.11. The molecule has 68 valence electrons. The Bertz CT molecular complexity index is 189. The van der Waals surface area contributed by atoms with Gasteiger partial charge in [0.05, 0.1) is 13.0 Å². The van der Waals surface area contributed by atoms with Gasteiger partial charge in [0, 0.05) is 5.71 Å². The molecule has 1 rings (SSSR count). The third-order valence-corrected chi connectivity index (χ3v) is 2.35. The summed E-state index contributed by atoms with van der Waals surface area (Å²) < 4.78 is 4.64. The lowest BCUT2D eigenvalue weighted by molar-refractivity contribution is -0.143. The summed E-state index contributed by atoms with van der Waals surface area (Å²) in [6, 6.07) is 0. The van der Waals surface area contributed by atoms with Crippen LogP contribution in [0.5, 0.6) is 0 Å². The fourth-order valence-corrected chi connectivity index (χ4v) is 1.59. The van der Waals surface area contributed by atoms with Crippen LogP contribution >= 0.6 is 0 Å². The Hall–Kier alpha value is -0.860. The minimum Gasteiger partial charge on any atom is -0.469 e. The molecule has 0 spiro atoms. The monoisotopic (exact) mass is 169 g/mol. The van der Waals surface area contributed by atoms with Crippen LogP contribution in [-0.2, 0) is 9.53 Å². The fraction of sp³-hybridized carbons (Fsp3) is 0.778. The summed E-state index contributed by atoms with van der Waals surface area (Å²) in [6.07, 6.45) is 4.79. The quantitative estimate of drug-likeness (QED) is 0.480. The Labute approximate surface area is 72.6 Å². The van der Waals surface area contributed by atoms with Crippen LogP contribution in [0.1, 0.15) is 32.1 Å². The predicted molar refractivity (Wildman–Crippen MR) is 46.3 cm³/mol. The van der Waals surface area contributed by atoms with Gasteiger partial charge >= 0.3 is 5.97 Å². The molecule has 1 atom stereocenters. The summed E-state index contributed by atoms with van der Waals surface area (Å²) in [4.78, 5) is 11.2. The standard InChI is InChI=1S/C9H15NO2/c1-12-9(11)7-5-3-2-4-6-8(7)10/h7,10H,2-6H2,1H3. The van der Waals surface area contributed by atoms with Crippen molar-refractivity contribution in [3.8, 4) is 0 Å². The first-order valence-electron chi connectivity index (χ1n) is 4.41. The molecule has 0 aromatic carbocycles. The maximum atomic E-state index is 11.2. The molecule has 1 fully saturated rings. The number of esters is 1. The van der Waals surface area contributed by atoms with Gasteiger partial charge in [-0.15, -0.1) is 0 Å². The molecule has 12 heavy (non-hydrogen) atoms. The first-order chi connectivity index (χ1) is 5.75. The van der Waals surface area contributed by atoms with E-state index in [-0.39, 0.29) is 11.9 Å². The second-order valence-corrected chi connectivity index (χ2v) is 3.20. The van der Waals surface area contributed by atoms with Gasteiger partial charge in [0.2, 0.25) is 0 Å². The van der Waals surface area contributed by atoms with E-state index in [9.17, 15) is 4.79 Å². The maximum absolute atomic E-state index is 11.2. The molecule has 1 saturated carbocycles. The lowest BCUT2D eigenvalue weighted by atomic mass is 9.99. The van der Waals surface area contributed by atoms with Crippen molar-refractivity contribution in [3.05, 3.63) is 0 Å². The molecule has 0 amide bonds. The maximum Gasteiger partial charge on any atom is 0.314 e. The van der Waals surface area contributed by atoms with E-state index >= 15 is 0 Å². The highest BCUT2D eigenvalue weighted by Gasteiger charge is 2.25. The molecule has 0 bridgehead atoms. The molecule has 0 aromatic rings. The zero-order valence-corrected chi connectivity index (χ0v) is 7.43. The molecule has 0 aliphatic heterocycles. The number of hydrogen-bond donors (Lipinski definition) is 1. The normalized spacial score (nSPS) is 24.8. The fourth-order valence-electron chi connectivity index (χ4n) is 1.59. The van der Waals surface area contributed by atoms with Gasteiger partial charge in [-0.2, -0.15) is 0 Å². The van der Waals surface area contributed by atoms with Crippen LogP contribution in [0.3, 0.4) is 0 Å². The minimum absolute atomic E-state index is 0.234. The van der Waals surface area contributed by atoms with Crippen molar-refractivity contribution in [1.29, 1.82) is 5.41 Å². The molecule has 3 heteroatoms. The summed E-state index contributed by atoms with van der Waals surface area (Å²) >= 11 is 0. The van der Waals surface area contributed by atoms with E-state index in [4.69, 9.17) is 5.41 Å². The van der Waals surface area contributed by atoms with Gasteiger partial charge < -0.3 is 10.1 Å². The van der Waals surface area contributed by atoms with Gasteiger partial charge in [-0.1, -0.05) is 12.8 Å². The molecule has 0 heterocycles. The van der Waals surface area contributed by atoms with E-state index in [1.165, 1.54) is 7.11 Å². The number of methoxy groups -OCH3 is 1. The zero-order chi connectivity index (χ0) is 8.97. The van der Waals surface area contributed by atoms with Crippen LogP contribution in [0.25, 0.3) is 0 Å². The van der Waals surface area contributed by atoms with Gasteiger partial charge in [0.1, 0.15) is 0 Å². The highest BCUT2D eigenvalue weighted by Crippen LogP contribution is 2.20. The predicted octanol–water partition coefficient (Wildman–Crippen LogP) is 1.76. The highest BCUT2D eigenvalue weighted by atomic mass is 16.5. The number of ether oxygens (including phenoxy) is 1. The number of carbonyl (C=O) groups is 1. The SMILES string of the molecule is COC(=O)C1CCCCCC1=N. The number of hydrogen-bond acceptors (Lipinski definition) is 3. The molecular weight excluding hydrogens is 154 g/mol. The molecule has 1 aliphatic carbocycles. The van der Waals surface area contributed by atoms with Crippen molar-refractivity contribution in [2.24, 2.45) is 5.92 Å². The Morgan fingerprint density at radius 2 is 2.25 bits per heavy atom. The van der Waals surface area contributed by atoms with Gasteiger partial charge in [-0.3, -0.25) is 4.79 Å². The van der Waals surface area contributed by atoms with Crippen LogP contribution in [0, 0.1) is 11.3 Å². The topological polar surface area (TPSA) is 50.2 Å². The van der Waals surface area contributed by atoms with Crippen LogP contribution in [0.4, 0.5) is 0 Å². The van der Waals surface area contributed by atoms with E-state index in [0.29, 0.717) is 5.71 Å². The van der Waals surface area contributed by atoms with Crippen molar-refractivity contribution < 1.29 is 9.53 Å². The molecule has 0 radical (unpaired) electrons. The Morgan fingerprint density at radius 1 is 1.50 bits per heavy atom. The number of nitrogens with one attached hydrogen (secondary N) is 1. The number of carbonyl (C=O) groups excluding carboxylic acids is 1. The van der Waals surface area contributed by atoms with E-state index in [2.05, 4.69) is 4.74 Å². The van der Waals surface area contributed by atoms with Gasteiger partial charge in [0.15, 0.2) is 0 Å². The van der Waals surface area contributed by atoms with Crippen LogP contribution < -0.4 is 0 Å². The minimum atomic E-state index is -0.252.